The number of amides is 2. The molecule has 2 aromatic carbocycles. The fourth-order valence-corrected chi connectivity index (χ4v) is 3.78. The number of carboxylic acid groups (broad SMARTS) is 1. The first-order valence-electron chi connectivity index (χ1n) is 10.6. The average Bonchev–Trinajstić information content (AvgIpc) is 3.09. The van der Waals surface area contributed by atoms with Crippen molar-refractivity contribution in [3.05, 3.63) is 59.7 Å². The van der Waals surface area contributed by atoms with Crippen LogP contribution in [0.5, 0.6) is 0 Å². The van der Waals surface area contributed by atoms with Crippen molar-refractivity contribution < 1.29 is 24.2 Å². The van der Waals surface area contributed by atoms with Crippen LogP contribution < -0.4 is 10.6 Å². The molecule has 7 nitrogen and oxygen atoms in total. The van der Waals surface area contributed by atoms with E-state index in [2.05, 4.69) is 34.6 Å². The van der Waals surface area contributed by atoms with E-state index in [0.717, 1.165) is 22.3 Å². The third-order valence-corrected chi connectivity index (χ3v) is 5.27. The van der Waals surface area contributed by atoms with Crippen molar-refractivity contribution in [3.8, 4) is 23.0 Å². The van der Waals surface area contributed by atoms with Crippen molar-refractivity contribution in [2.45, 2.75) is 38.1 Å². The van der Waals surface area contributed by atoms with Gasteiger partial charge in [-0.2, -0.15) is 0 Å². The molecule has 166 valence electrons. The number of carbonyl (C=O) groups is 3. The topological polar surface area (TPSA) is 105 Å². The summed E-state index contributed by atoms with van der Waals surface area (Å²) >= 11 is 0. The van der Waals surface area contributed by atoms with Crippen molar-refractivity contribution in [1.29, 1.82) is 0 Å². The number of benzene rings is 2. The molecule has 3 rings (SSSR count). The highest BCUT2D eigenvalue weighted by Gasteiger charge is 2.28. The predicted molar refractivity (Wildman–Crippen MR) is 120 cm³/mol. The molecule has 2 amide bonds. The normalized spacial score (nSPS) is 12.5. The number of hydrogen-bond donors (Lipinski definition) is 3. The number of hydrogen-bond acceptors (Lipinski definition) is 4. The fourth-order valence-electron chi connectivity index (χ4n) is 3.78. The van der Waals surface area contributed by atoms with Crippen LogP contribution in [-0.2, 0) is 14.3 Å². The van der Waals surface area contributed by atoms with Crippen LogP contribution in [0.25, 0.3) is 11.1 Å². The molecule has 32 heavy (non-hydrogen) atoms. The highest BCUT2D eigenvalue weighted by atomic mass is 16.5. The first kappa shape index (κ1) is 22.9. The molecule has 3 N–H and O–H groups in total. The molecule has 0 aliphatic heterocycles. The van der Waals surface area contributed by atoms with Gasteiger partial charge in [-0.05, 0) is 47.9 Å². The molecular weight excluding hydrogens is 408 g/mol. The van der Waals surface area contributed by atoms with Gasteiger partial charge in [-0.3, -0.25) is 9.59 Å². The number of alkyl carbamates (subject to hydrolysis) is 1. The van der Waals surface area contributed by atoms with Crippen LogP contribution in [0.3, 0.4) is 0 Å². The highest BCUT2D eigenvalue weighted by molar-refractivity contribution is 5.93. The molecule has 7 heteroatoms. The van der Waals surface area contributed by atoms with Gasteiger partial charge in [0.05, 0.1) is 6.54 Å². The van der Waals surface area contributed by atoms with E-state index in [4.69, 9.17) is 9.84 Å². The van der Waals surface area contributed by atoms with Crippen LogP contribution in [0.2, 0.25) is 0 Å². The zero-order chi connectivity index (χ0) is 22.9. The van der Waals surface area contributed by atoms with E-state index in [9.17, 15) is 14.4 Å². The number of nitrogens with one attached hydrogen (secondary N) is 2. The second-order valence-corrected chi connectivity index (χ2v) is 7.64. The highest BCUT2D eigenvalue weighted by Crippen LogP contribution is 2.44. The van der Waals surface area contributed by atoms with Crippen molar-refractivity contribution in [3.63, 3.8) is 0 Å². The molecule has 1 atom stereocenters. The number of aliphatic carboxylic acids is 1. The van der Waals surface area contributed by atoms with Crippen LogP contribution in [0.15, 0.2) is 48.5 Å². The second-order valence-electron chi connectivity index (χ2n) is 7.64. The van der Waals surface area contributed by atoms with Crippen molar-refractivity contribution in [2.75, 3.05) is 13.2 Å². The molecule has 0 fully saturated rings. The second kappa shape index (κ2) is 11.0. The Morgan fingerprint density at radius 2 is 1.69 bits per heavy atom. The number of carboxylic acids is 1. The molecule has 1 unspecified atom stereocenters. The Balaban J connectivity index is 1.42. The standard InChI is InChI=1S/C25H26N2O5/c1-17(8-6-14-24(29)30)27-23(28)13-7-15-26-25(31)32-16-22-20-11-4-2-9-18(20)19-10-3-5-12-21(19)22/h2-5,9-12,17,22H,6,8,14-16H2,1H3,(H,26,31)(H,27,28)(H,29,30). The van der Waals surface area contributed by atoms with Crippen LogP contribution in [0.4, 0.5) is 4.79 Å². The van der Waals surface area contributed by atoms with Gasteiger partial charge in [0, 0.05) is 18.4 Å². The van der Waals surface area contributed by atoms with Gasteiger partial charge < -0.3 is 20.5 Å². The number of fused-ring (bicyclic) bond motifs is 3. The predicted octanol–water partition coefficient (Wildman–Crippen LogP) is 3.29. The molecule has 1 aliphatic rings. The van der Waals surface area contributed by atoms with Crippen LogP contribution in [-0.4, -0.2) is 42.3 Å². The molecular formula is C25H26N2O5. The SMILES string of the molecule is CC(CCCC(=O)O)NC(=O)C#CCNC(=O)OCC1c2ccccc2-c2ccccc21. The van der Waals surface area contributed by atoms with Crippen LogP contribution in [0, 0.1) is 11.8 Å². The monoisotopic (exact) mass is 434 g/mol. The summed E-state index contributed by atoms with van der Waals surface area (Å²) in [4.78, 5) is 34.4. The maximum Gasteiger partial charge on any atom is 0.407 e. The summed E-state index contributed by atoms with van der Waals surface area (Å²) in [6.45, 7) is 1.98. The molecule has 0 saturated heterocycles. The van der Waals surface area contributed by atoms with Crippen molar-refractivity contribution in [2.24, 2.45) is 0 Å². The van der Waals surface area contributed by atoms with E-state index in [0.29, 0.717) is 12.8 Å². The number of rotatable bonds is 8. The van der Waals surface area contributed by atoms with Gasteiger partial charge in [-0.1, -0.05) is 54.5 Å². The summed E-state index contributed by atoms with van der Waals surface area (Å²) in [5.41, 5.74) is 4.59. The Bertz CT molecular complexity index is 1010. The molecule has 2 aromatic rings. The van der Waals surface area contributed by atoms with Crippen molar-refractivity contribution >= 4 is 18.0 Å². The maximum atomic E-state index is 12.1. The summed E-state index contributed by atoms with van der Waals surface area (Å²) in [6.07, 6.45) is 0.505. The van der Waals surface area contributed by atoms with E-state index in [1.165, 1.54) is 0 Å². The van der Waals surface area contributed by atoms with E-state index in [1.807, 2.05) is 36.4 Å². The Hall–Kier alpha value is -3.79. The third-order valence-electron chi connectivity index (χ3n) is 5.27. The lowest BCUT2D eigenvalue weighted by Crippen LogP contribution is -2.31. The zero-order valence-electron chi connectivity index (χ0n) is 17.9. The van der Waals surface area contributed by atoms with E-state index >= 15 is 0 Å². The summed E-state index contributed by atoms with van der Waals surface area (Å²) in [6, 6.07) is 16.0. The van der Waals surface area contributed by atoms with Gasteiger partial charge >= 0.3 is 12.1 Å². The average molecular weight is 434 g/mol. The molecule has 0 saturated carbocycles. The Labute approximate surface area is 187 Å². The minimum atomic E-state index is -0.859. The minimum absolute atomic E-state index is 0.0164. The van der Waals surface area contributed by atoms with E-state index in [1.54, 1.807) is 6.92 Å². The molecule has 0 bridgehead atoms. The summed E-state index contributed by atoms with van der Waals surface area (Å²) < 4.78 is 5.41. The Kier molecular flexibility index (Phi) is 7.87. The van der Waals surface area contributed by atoms with Gasteiger partial charge in [-0.25, -0.2) is 4.79 Å². The Morgan fingerprint density at radius 3 is 2.31 bits per heavy atom. The summed E-state index contributed by atoms with van der Waals surface area (Å²) in [5.74, 6) is 3.64. The van der Waals surface area contributed by atoms with Gasteiger partial charge in [-0.15, -0.1) is 0 Å². The quantitative estimate of drug-likeness (QED) is 0.553. The molecule has 0 aromatic heterocycles. The first-order chi connectivity index (χ1) is 15.5. The number of ether oxygens (including phenoxy) is 1. The molecule has 1 aliphatic carbocycles. The Morgan fingerprint density at radius 1 is 1.06 bits per heavy atom. The lowest BCUT2D eigenvalue weighted by Gasteiger charge is -2.14. The summed E-state index contributed by atoms with van der Waals surface area (Å²) in [7, 11) is 0. The lowest BCUT2D eigenvalue weighted by molar-refractivity contribution is -0.137. The van der Waals surface area contributed by atoms with Crippen LogP contribution in [0.1, 0.15) is 43.2 Å². The van der Waals surface area contributed by atoms with Crippen molar-refractivity contribution in [1.82, 2.24) is 10.6 Å². The van der Waals surface area contributed by atoms with Crippen LogP contribution >= 0.6 is 0 Å². The smallest absolute Gasteiger partial charge is 0.407 e. The molecule has 0 radical (unpaired) electrons. The zero-order valence-corrected chi connectivity index (χ0v) is 17.9. The summed E-state index contributed by atoms with van der Waals surface area (Å²) in [5, 5.41) is 13.8. The van der Waals surface area contributed by atoms with Gasteiger partial charge in [0.2, 0.25) is 0 Å². The van der Waals surface area contributed by atoms with Gasteiger partial charge in [0.25, 0.3) is 5.91 Å². The van der Waals surface area contributed by atoms with Gasteiger partial charge in [0.1, 0.15) is 6.61 Å². The van der Waals surface area contributed by atoms with E-state index in [-0.39, 0.29) is 31.5 Å². The first-order valence-corrected chi connectivity index (χ1v) is 10.6. The third kappa shape index (κ3) is 6.11. The minimum Gasteiger partial charge on any atom is -0.481 e. The number of carbonyl (C=O) groups excluding carboxylic acids is 2. The largest absolute Gasteiger partial charge is 0.481 e. The molecule has 0 spiro atoms. The lowest BCUT2D eigenvalue weighted by atomic mass is 9.98. The maximum absolute atomic E-state index is 12.1. The fraction of sp³-hybridized carbons (Fsp3) is 0.320. The van der Waals surface area contributed by atoms with E-state index < -0.39 is 18.0 Å². The van der Waals surface area contributed by atoms with Gasteiger partial charge in [0.15, 0.2) is 0 Å². The molecule has 0 heterocycles.